The first-order chi connectivity index (χ1) is 15.8. The minimum absolute atomic E-state index is 0.0117. The van der Waals surface area contributed by atoms with E-state index in [0.29, 0.717) is 13.1 Å². The Morgan fingerprint density at radius 3 is 2.58 bits per heavy atom. The fourth-order valence-corrected chi connectivity index (χ4v) is 4.98. The normalized spacial score (nSPS) is 15.0. The van der Waals surface area contributed by atoms with Crippen LogP contribution in [0.4, 0.5) is 5.82 Å². The predicted octanol–water partition coefficient (Wildman–Crippen LogP) is 3.93. The van der Waals surface area contributed by atoms with Crippen molar-refractivity contribution in [2.24, 2.45) is 0 Å². The topological polar surface area (TPSA) is 70.6 Å². The first-order valence-corrected chi connectivity index (χ1v) is 12.4. The highest BCUT2D eigenvalue weighted by Crippen LogP contribution is 2.38. The van der Waals surface area contributed by atoms with E-state index in [9.17, 15) is 4.79 Å². The Labute approximate surface area is 199 Å². The van der Waals surface area contributed by atoms with Gasteiger partial charge in [0.05, 0.1) is 31.7 Å². The smallest absolute Gasteiger partial charge is 0.239 e. The number of anilines is 1. The van der Waals surface area contributed by atoms with Gasteiger partial charge in [0.15, 0.2) is 0 Å². The summed E-state index contributed by atoms with van der Waals surface area (Å²) in [6.45, 7) is 12.9. The fraction of sp³-hybridized carbons (Fsp3) is 0.480. The van der Waals surface area contributed by atoms with Crippen LogP contribution in [0.5, 0.6) is 0 Å². The number of amides is 1. The first kappa shape index (κ1) is 23.6. The van der Waals surface area contributed by atoms with E-state index in [2.05, 4.69) is 39.6 Å². The van der Waals surface area contributed by atoms with Crippen LogP contribution in [0.15, 0.2) is 35.7 Å². The second-order valence-corrected chi connectivity index (χ2v) is 10.2. The van der Waals surface area contributed by atoms with Gasteiger partial charge in [0.2, 0.25) is 5.91 Å². The molecule has 0 spiro atoms. The lowest BCUT2D eigenvalue weighted by Gasteiger charge is -2.28. The molecule has 1 N–H and O–H groups in total. The van der Waals surface area contributed by atoms with E-state index in [4.69, 9.17) is 14.7 Å². The maximum absolute atomic E-state index is 12.8. The van der Waals surface area contributed by atoms with E-state index < -0.39 is 0 Å². The number of likely N-dealkylation sites (N-methyl/N-ethyl adjacent to an activating group) is 1. The quantitative estimate of drug-likeness (QED) is 0.568. The number of hydrogen-bond acceptors (Lipinski definition) is 7. The number of nitrogens with zero attached hydrogens (tertiary/aromatic N) is 4. The number of rotatable bonds is 7. The lowest BCUT2D eigenvalue weighted by atomic mass is 10.1. The number of ether oxygens (including phenoxy) is 1. The molecule has 1 aliphatic heterocycles. The number of fused-ring (bicyclic) bond motifs is 1. The zero-order chi connectivity index (χ0) is 23.4. The molecular weight excluding hydrogens is 434 g/mol. The first-order valence-electron chi connectivity index (χ1n) is 11.5. The Balaban J connectivity index is 1.75. The molecule has 1 aromatic carbocycles. The fourth-order valence-electron chi connectivity index (χ4n) is 4.02. The van der Waals surface area contributed by atoms with Crippen LogP contribution < -0.4 is 10.2 Å². The lowest BCUT2D eigenvalue weighted by molar-refractivity contribution is -0.121. The number of morpholine rings is 1. The Bertz CT molecular complexity index is 1090. The Kier molecular flexibility index (Phi) is 7.26. The van der Waals surface area contributed by atoms with Gasteiger partial charge in [0.25, 0.3) is 0 Å². The number of benzene rings is 1. The number of carbonyl (C=O) groups excluding carboxylic acids is 1. The van der Waals surface area contributed by atoms with E-state index in [-0.39, 0.29) is 18.0 Å². The van der Waals surface area contributed by atoms with Crippen molar-refractivity contribution >= 4 is 33.3 Å². The number of carbonyl (C=O) groups is 1. The summed E-state index contributed by atoms with van der Waals surface area (Å²) in [5.41, 5.74) is 1.96. The van der Waals surface area contributed by atoms with Crippen molar-refractivity contribution in [3.8, 4) is 11.1 Å². The van der Waals surface area contributed by atoms with Crippen LogP contribution in [0.25, 0.3) is 21.3 Å². The Morgan fingerprint density at radius 2 is 1.91 bits per heavy atom. The van der Waals surface area contributed by atoms with E-state index in [0.717, 1.165) is 59.3 Å². The molecule has 3 heterocycles. The third-order valence-electron chi connectivity index (χ3n) is 5.54. The number of aromatic nitrogens is 2. The van der Waals surface area contributed by atoms with Gasteiger partial charge in [-0.2, -0.15) is 0 Å². The van der Waals surface area contributed by atoms with Crippen molar-refractivity contribution < 1.29 is 9.53 Å². The molecule has 33 heavy (non-hydrogen) atoms. The molecule has 2 aromatic heterocycles. The monoisotopic (exact) mass is 467 g/mol. The summed E-state index contributed by atoms with van der Waals surface area (Å²) in [5.74, 6) is 1.60. The summed E-state index contributed by atoms with van der Waals surface area (Å²) in [6.07, 6.45) is 0. The molecule has 0 saturated carbocycles. The second-order valence-electron chi connectivity index (χ2n) is 9.36. The second kappa shape index (κ2) is 10.2. The average molecular weight is 468 g/mol. The van der Waals surface area contributed by atoms with E-state index in [1.807, 2.05) is 39.0 Å². The van der Waals surface area contributed by atoms with Crippen molar-refractivity contribution in [3.63, 3.8) is 0 Å². The summed E-state index contributed by atoms with van der Waals surface area (Å²) >= 11 is 1.63. The van der Waals surface area contributed by atoms with Gasteiger partial charge < -0.3 is 15.0 Å². The van der Waals surface area contributed by atoms with Crippen molar-refractivity contribution in [3.05, 3.63) is 41.5 Å². The summed E-state index contributed by atoms with van der Waals surface area (Å²) in [6, 6.07) is 10.3. The zero-order valence-electron chi connectivity index (χ0n) is 19.9. The zero-order valence-corrected chi connectivity index (χ0v) is 20.7. The molecule has 0 aliphatic carbocycles. The summed E-state index contributed by atoms with van der Waals surface area (Å²) < 4.78 is 5.49. The minimum Gasteiger partial charge on any atom is -0.379 e. The van der Waals surface area contributed by atoms with E-state index >= 15 is 0 Å². The molecule has 0 unspecified atom stereocenters. The maximum Gasteiger partial charge on any atom is 0.239 e. The van der Waals surface area contributed by atoms with E-state index in [1.165, 1.54) is 0 Å². The van der Waals surface area contributed by atoms with Gasteiger partial charge in [0.1, 0.15) is 16.5 Å². The van der Waals surface area contributed by atoms with Crippen LogP contribution >= 0.6 is 11.3 Å². The van der Waals surface area contributed by atoms with Crippen LogP contribution in [0.3, 0.4) is 0 Å². The van der Waals surface area contributed by atoms with Gasteiger partial charge in [-0.1, -0.05) is 30.3 Å². The largest absolute Gasteiger partial charge is 0.379 e. The molecule has 1 amide bonds. The van der Waals surface area contributed by atoms with Crippen molar-refractivity contribution in [1.29, 1.82) is 0 Å². The van der Waals surface area contributed by atoms with Gasteiger partial charge in [-0.05, 0) is 33.3 Å². The summed E-state index contributed by atoms with van der Waals surface area (Å²) in [5, 5.41) is 6.25. The highest BCUT2D eigenvalue weighted by atomic mass is 32.1. The van der Waals surface area contributed by atoms with Crippen LogP contribution in [0.2, 0.25) is 0 Å². The molecule has 0 bridgehead atoms. The number of thiophene rings is 1. The van der Waals surface area contributed by atoms with Gasteiger partial charge in [0, 0.05) is 36.1 Å². The lowest BCUT2D eigenvalue weighted by Crippen LogP contribution is -2.46. The van der Waals surface area contributed by atoms with E-state index in [1.54, 1.807) is 11.3 Å². The highest BCUT2D eigenvalue weighted by Gasteiger charge is 2.23. The van der Waals surface area contributed by atoms with Gasteiger partial charge in [-0.25, -0.2) is 9.97 Å². The molecule has 176 valence electrons. The Morgan fingerprint density at radius 1 is 1.18 bits per heavy atom. The van der Waals surface area contributed by atoms with Crippen LogP contribution in [0, 0.1) is 0 Å². The molecule has 4 rings (SSSR count). The Hall–Kier alpha value is -2.55. The summed E-state index contributed by atoms with van der Waals surface area (Å²) in [7, 11) is 0. The van der Waals surface area contributed by atoms with Crippen LogP contribution in [0.1, 0.15) is 33.5 Å². The third kappa shape index (κ3) is 5.88. The van der Waals surface area contributed by atoms with Crippen LogP contribution in [-0.2, 0) is 16.1 Å². The molecule has 0 atom stereocenters. The molecule has 8 heteroatoms. The molecular formula is C25H33N5O2S. The SMILES string of the molecule is CCN(CC(=O)NC(C)(C)C)c1nc(CN2CCOCC2)nc2scc(-c3ccccc3)c12. The van der Waals surface area contributed by atoms with Crippen LogP contribution in [-0.4, -0.2) is 65.7 Å². The molecule has 1 aliphatic rings. The predicted molar refractivity (Wildman–Crippen MR) is 135 cm³/mol. The third-order valence-corrected chi connectivity index (χ3v) is 6.42. The minimum atomic E-state index is -0.281. The maximum atomic E-state index is 12.8. The molecule has 3 aromatic rings. The number of hydrogen-bond donors (Lipinski definition) is 1. The van der Waals surface area contributed by atoms with Crippen molar-refractivity contribution in [2.75, 3.05) is 44.3 Å². The molecule has 7 nitrogen and oxygen atoms in total. The van der Waals surface area contributed by atoms with Gasteiger partial charge in [-0.15, -0.1) is 11.3 Å². The van der Waals surface area contributed by atoms with Crippen molar-refractivity contribution in [2.45, 2.75) is 39.8 Å². The molecule has 1 fully saturated rings. The molecule has 1 saturated heterocycles. The standard InChI is InChI=1S/C25H33N5O2S/c1-5-30(16-21(31)28-25(2,3)4)23-22-19(18-9-7-6-8-10-18)17-33-24(22)27-20(26-23)15-29-11-13-32-14-12-29/h6-10,17H,5,11-16H2,1-4H3,(H,28,31). The summed E-state index contributed by atoms with van der Waals surface area (Å²) in [4.78, 5) is 28.1. The highest BCUT2D eigenvalue weighted by molar-refractivity contribution is 7.17. The average Bonchev–Trinajstić information content (AvgIpc) is 3.21. The van der Waals surface area contributed by atoms with Gasteiger partial charge >= 0.3 is 0 Å². The van der Waals surface area contributed by atoms with Gasteiger partial charge in [-0.3, -0.25) is 9.69 Å². The molecule has 0 radical (unpaired) electrons. The number of nitrogens with one attached hydrogen (secondary N) is 1. The van der Waals surface area contributed by atoms with Crippen molar-refractivity contribution in [1.82, 2.24) is 20.2 Å².